The fourth-order valence-electron chi connectivity index (χ4n) is 3.65. The van der Waals surface area contributed by atoms with Crippen LogP contribution in [0, 0.1) is 5.92 Å². The summed E-state index contributed by atoms with van der Waals surface area (Å²) in [5, 5.41) is 2.80. The number of nitrogens with one attached hydrogen (secondary N) is 1. The van der Waals surface area contributed by atoms with Crippen LogP contribution < -0.4 is 14.8 Å². The monoisotopic (exact) mass is 308 g/mol. The number of ether oxygens (including phenoxy) is 2. The van der Waals surface area contributed by atoms with E-state index in [9.17, 15) is 4.79 Å². The first kappa shape index (κ1) is 12.9. The molecule has 3 atom stereocenters. The molecule has 23 heavy (non-hydrogen) atoms. The van der Waals surface area contributed by atoms with E-state index < -0.39 is 0 Å². The van der Waals surface area contributed by atoms with Crippen molar-refractivity contribution in [2.75, 3.05) is 5.32 Å². The number of carbonyl (C=O) groups excluding carboxylic acids is 1. The molecule has 0 saturated heterocycles. The number of benzene rings is 1. The Hall–Kier alpha value is -2.56. The molecule has 5 heteroatoms. The van der Waals surface area contributed by atoms with Gasteiger partial charge in [0.25, 0.3) is 0 Å². The van der Waals surface area contributed by atoms with E-state index in [0.29, 0.717) is 36.6 Å². The third kappa shape index (κ3) is 1.92. The van der Waals surface area contributed by atoms with Crippen molar-refractivity contribution in [3.05, 3.63) is 41.6 Å². The Kier molecular flexibility index (Phi) is 2.52. The lowest BCUT2D eigenvalue weighted by Gasteiger charge is -2.19. The van der Waals surface area contributed by atoms with Gasteiger partial charge in [-0.1, -0.05) is 6.92 Å². The maximum atomic E-state index is 11.5. The van der Waals surface area contributed by atoms with Gasteiger partial charge in [0.1, 0.15) is 29.2 Å². The normalized spacial score (nSPS) is 26.5. The number of fused-ring (bicyclic) bond motifs is 4. The van der Waals surface area contributed by atoms with Gasteiger partial charge in [0.05, 0.1) is 0 Å². The standard InChI is InChI=1S/C18H16N2O3/c1-9-16-12-8-10(2-4-13(12)23-17(9)16)22-14-6-7-19-18-11(14)3-5-15(21)20-18/h2,4,6-9,16-17H,3,5H2,1H3,(H,19,20,21). The van der Waals surface area contributed by atoms with Crippen molar-refractivity contribution in [1.29, 1.82) is 0 Å². The smallest absolute Gasteiger partial charge is 0.225 e. The summed E-state index contributed by atoms with van der Waals surface area (Å²) < 4.78 is 12.0. The number of nitrogens with zero attached hydrogens (tertiary/aromatic N) is 1. The van der Waals surface area contributed by atoms with E-state index in [1.165, 1.54) is 5.56 Å². The fraction of sp³-hybridized carbons (Fsp3) is 0.333. The summed E-state index contributed by atoms with van der Waals surface area (Å²) >= 11 is 0. The molecule has 1 amide bonds. The number of rotatable bonds is 2. The predicted molar refractivity (Wildman–Crippen MR) is 84.0 cm³/mol. The summed E-state index contributed by atoms with van der Waals surface area (Å²) in [6.45, 7) is 2.22. The molecule has 0 spiro atoms. The molecule has 3 unspecified atom stereocenters. The van der Waals surface area contributed by atoms with Crippen molar-refractivity contribution >= 4 is 11.7 Å². The highest BCUT2D eigenvalue weighted by atomic mass is 16.5. The number of pyridine rings is 1. The van der Waals surface area contributed by atoms with Gasteiger partial charge in [0.2, 0.25) is 5.91 Å². The van der Waals surface area contributed by atoms with Gasteiger partial charge in [0, 0.05) is 35.6 Å². The maximum Gasteiger partial charge on any atom is 0.225 e. The Morgan fingerprint density at radius 2 is 2.22 bits per heavy atom. The predicted octanol–water partition coefficient (Wildman–Crippen LogP) is 3.25. The Labute approximate surface area is 133 Å². The molecule has 5 rings (SSSR count). The second-order valence-corrected chi connectivity index (χ2v) is 6.45. The van der Waals surface area contributed by atoms with Gasteiger partial charge < -0.3 is 14.8 Å². The van der Waals surface area contributed by atoms with Crippen molar-refractivity contribution in [3.8, 4) is 17.2 Å². The highest BCUT2D eigenvalue weighted by Crippen LogP contribution is 2.58. The lowest BCUT2D eigenvalue weighted by atomic mass is 10.1. The van der Waals surface area contributed by atoms with Crippen molar-refractivity contribution < 1.29 is 14.3 Å². The van der Waals surface area contributed by atoms with E-state index in [4.69, 9.17) is 9.47 Å². The van der Waals surface area contributed by atoms with Gasteiger partial charge in [-0.25, -0.2) is 4.98 Å². The summed E-state index contributed by atoms with van der Waals surface area (Å²) in [7, 11) is 0. The summed E-state index contributed by atoms with van der Waals surface area (Å²) in [5.74, 6) is 4.27. The van der Waals surface area contributed by atoms with E-state index in [2.05, 4.69) is 23.3 Å². The molecule has 1 aliphatic carbocycles. The minimum Gasteiger partial charge on any atom is -0.489 e. The Balaban J connectivity index is 1.47. The van der Waals surface area contributed by atoms with Crippen molar-refractivity contribution in [2.24, 2.45) is 5.92 Å². The molecule has 3 heterocycles. The van der Waals surface area contributed by atoms with Crippen LogP contribution in [0.25, 0.3) is 0 Å². The number of amides is 1. The highest BCUT2D eigenvalue weighted by molar-refractivity contribution is 5.93. The Morgan fingerprint density at radius 3 is 3.13 bits per heavy atom. The highest BCUT2D eigenvalue weighted by Gasteiger charge is 2.55. The quantitative estimate of drug-likeness (QED) is 0.925. The minimum atomic E-state index is 0.00518. The van der Waals surface area contributed by atoms with Crippen LogP contribution in [0.5, 0.6) is 17.2 Å². The van der Waals surface area contributed by atoms with E-state index in [1.807, 2.05) is 18.2 Å². The van der Waals surface area contributed by atoms with Crippen LogP contribution in [0.4, 0.5) is 5.82 Å². The molecule has 0 radical (unpaired) electrons. The van der Waals surface area contributed by atoms with Crippen LogP contribution in [0.3, 0.4) is 0 Å². The first-order chi connectivity index (χ1) is 11.2. The Morgan fingerprint density at radius 1 is 1.30 bits per heavy atom. The molecule has 3 aliphatic rings. The number of hydrogen-bond donors (Lipinski definition) is 1. The second-order valence-electron chi connectivity index (χ2n) is 6.45. The molecule has 1 aromatic carbocycles. The van der Waals surface area contributed by atoms with Crippen molar-refractivity contribution in [3.63, 3.8) is 0 Å². The summed E-state index contributed by atoms with van der Waals surface area (Å²) in [6, 6.07) is 7.85. The number of anilines is 1. The molecule has 0 bridgehead atoms. The molecular formula is C18H16N2O3. The van der Waals surface area contributed by atoms with Crippen LogP contribution in [-0.2, 0) is 11.2 Å². The van der Waals surface area contributed by atoms with Gasteiger partial charge in [-0.15, -0.1) is 0 Å². The summed E-state index contributed by atoms with van der Waals surface area (Å²) in [4.78, 5) is 15.7. The average Bonchev–Trinajstić information content (AvgIpc) is 3.02. The number of aromatic nitrogens is 1. The van der Waals surface area contributed by atoms with Gasteiger partial charge in [0.15, 0.2) is 0 Å². The summed E-state index contributed by atoms with van der Waals surface area (Å²) in [5.41, 5.74) is 2.21. The molecular weight excluding hydrogens is 292 g/mol. The number of hydrogen-bond acceptors (Lipinski definition) is 4. The first-order valence-corrected chi connectivity index (χ1v) is 7.97. The second kappa shape index (κ2) is 4.47. The van der Waals surface area contributed by atoms with E-state index >= 15 is 0 Å². The molecule has 1 saturated carbocycles. The molecule has 116 valence electrons. The third-order valence-electron chi connectivity index (χ3n) is 5.00. The zero-order chi connectivity index (χ0) is 15.6. The van der Waals surface area contributed by atoms with Gasteiger partial charge in [-0.3, -0.25) is 4.79 Å². The van der Waals surface area contributed by atoms with Crippen LogP contribution in [0.15, 0.2) is 30.5 Å². The van der Waals surface area contributed by atoms with Crippen LogP contribution >= 0.6 is 0 Å². The van der Waals surface area contributed by atoms with Gasteiger partial charge >= 0.3 is 0 Å². The van der Waals surface area contributed by atoms with E-state index in [-0.39, 0.29) is 5.91 Å². The summed E-state index contributed by atoms with van der Waals surface area (Å²) in [6.07, 6.45) is 3.13. The average molecular weight is 308 g/mol. The minimum absolute atomic E-state index is 0.00518. The SMILES string of the molecule is CC1C2Oc3ccc(Oc4ccnc5c4CCC(=O)N5)cc3C12. The number of carbonyl (C=O) groups is 1. The van der Waals surface area contributed by atoms with Crippen LogP contribution in [0.1, 0.15) is 30.4 Å². The molecule has 1 aromatic heterocycles. The molecule has 1 N–H and O–H groups in total. The maximum absolute atomic E-state index is 11.5. The lowest BCUT2D eigenvalue weighted by Crippen LogP contribution is -2.20. The third-order valence-corrected chi connectivity index (χ3v) is 5.00. The van der Waals surface area contributed by atoms with Gasteiger partial charge in [-0.2, -0.15) is 0 Å². The first-order valence-electron chi connectivity index (χ1n) is 7.97. The van der Waals surface area contributed by atoms with E-state index in [0.717, 1.165) is 22.8 Å². The largest absolute Gasteiger partial charge is 0.489 e. The fourth-order valence-corrected chi connectivity index (χ4v) is 3.65. The molecule has 1 fully saturated rings. The zero-order valence-electron chi connectivity index (χ0n) is 12.7. The lowest BCUT2D eigenvalue weighted by molar-refractivity contribution is -0.116. The van der Waals surface area contributed by atoms with Crippen molar-refractivity contribution in [2.45, 2.75) is 31.8 Å². The molecule has 2 aromatic rings. The zero-order valence-corrected chi connectivity index (χ0v) is 12.7. The van der Waals surface area contributed by atoms with Crippen LogP contribution in [0.2, 0.25) is 0 Å². The molecule has 5 nitrogen and oxygen atoms in total. The topological polar surface area (TPSA) is 60.5 Å². The van der Waals surface area contributed by atoms with E-state index in [1.54, 1.807) is 6.20 Å². The van der Waals surface area contributed by atoms with Crippen molar-refractivity contribution in [1.82, 2.24) is 4.98 Å². The van der Waals surface area contributed by atoms with Gasteiger partial charge in [-0.05, 0) is 30.7 Å². The Bertz CT molecular complexity index is 833. The van der Waals surface area contributed by atoms with Crippen LogP contribution in [-0.4, -0.2) is 17.0 Å². The molecule has 2 aliphatic heterocycles.